The Hall–Kier alpha value is -1.18. The van der Waals surface area contributed by atoms with Gasteiger partial charge in [-0.15, -0.1) is 0 Å². The molecule has 2 atom stereocenters. The molecule has 0 aliphatic carbocycles. The number of carbonyl (C=O) groups excluding carboxylic acids is 1. The molecule has 6 nitrogen and oxygen atoms in total. The summed E-state index contributed by atoms with van der Waals surface area (Å²) in [5.41, 5.74) is 0.340. The Bertz CT molecular complexity index is 371. The average molecular weight is 258 g/mol. The van der Waals surface area contributed by atoms with Gasteiger partial charge in [-0.05, 0) is 12.2 Å². The van der Waals surface area contributed by atoms with Crippen LogP contribution >= 0.6 is 12.6 Å². The molecule has 1 aromatic heterocycles. The van der Waals surface area contributed by atoms with Crippen molar-refractivity contribution in [1.82, 2.24) is 9.97 Å². The van der Waals surface area contributed by atoms with Crippen molar-refractivity contribution in [3.8, 4) is 0 Å². The summed E-state index contributed by atoms with van der Waals surface area (Å²) in [6.45, 7) is 0. The lowest BCUT2D eigenvalue weighted by Crippen LogP contribution is -2.19. The second kappa shape index (κ2) is 6.53. The van der Waals surface area contributed by atoms with Gasteiger partial charge in [-0.25, -0.2) is 14.8 Å². The van der Waals surface area contributed by atoms with E-state index in [2.05, 4.69) is 27.3 Å². The van der Waals surface area contributed by atoms with Gasteiger partial charge in [0.25, 0.3) is 0 Å². The third-order valence-electron chi connectivity index (χ3n) is 2.17. The van der Waals surface area contributed by atoms with Gasteiger partial charge in [0.2, 0.25) is 5.82 Å². The van der Waals surface area contributed by atoms with Gasteiger partial charge in [0.05, 0.1) is 13.2 Å². The van der Waals surface area contributed by atoms with Crippen LogP contribution in [0.1, 0.15) is 28.7 Å². The number of nitrogens with zero attached hydrogens (tertiary/aromatic N) is 2. The number of esters is 1. The Morgan fingerprint density at radius 1 is 1.47 bits per heavy atom. The molecule has 2 N–H and O–H groups in total. The van der Waals surface area contributed by atoms with Gasteiger partial charge < -0.3 is 14.9 Å². The molecule has 0 bridgehead atoms. The Labute approximate surface area is 104 Å². The first-order valence-electron chi connectivity index (χ1n) is 4.97. The van der Waals surface area contributed by atoms with E-state index in [0.717, 1.165) is 0 Å². The highest BCUT2D eigenvalue weighted by Gasteiger charge is 2.19. The first kappa shape index (κ1) is 13.9. The molecule has 7 heteroatoms. The molecule has 1 heterocycles. The second-order valence-electron chi connectivity index (χ2n) is 3.36. The number of hydrogen-bond donors (Lipinski definition) is 3. The maximum absolute atomic E-state index is 11.1. The number of aromatic nitrogens is 2. The topological polar surface area (TPSA) is 92.5 Å². The standard InChI is InChI=1S/C10H14N2O4S/c1-16-10(15)9-11-4-6(5-12-9)8(14)7(13)2-3-17/h4-5,7-8,13-14,17H,2-3H2,1H3. The van der Waals surface area contributed by atoms with Crippen LogP contribution in [0.5, 0.6) is 0 Å². The van der Waals surface area contributed by atoms with Crippen molar-refractivity contribution in [2.45, 2.75) is 18.6 Å². The van der Waals surface area contributed by atoms with Crippen LogP contribution in [-0.2, 0) is 4.74 Å². The fourth-order valence-electron chi connectivity index (χ4n) is 1.20. The summed E-state index contributed by atoms with van der Waals surface area (Å²) >= 11 is 3.96. The Morgan fingerprint density at radius 2 is 2.06 bits per heavy atom. The molecule has 94 valence electrons. The quantitative estimate of drug-likeness (QED) is 0.507. The van der Waals surface area contributed by atoms with Gasteiger partial charge in [0.1, 0.15) is 6.10 Å². The van der Waals surface area contributed by atoms with Gasteiger partial charge in [-0.2, -0.15) is 12.6 Å². The lowest BCUT2D eigenvalue weighted by Gasteiger charge is -2.16. The van der Waals surface area contributed by atoms with E-state index < -0.39 is 18.2 Å². The fraction of sp³-hybridized carbons (Fsp3) is 0.500. The predicted molar refractivity (Wildman–Crippen MR) is 62.8 cm³/mol. The van der Waals surface area contributed by atoms with Crippen molar-refractivity contribution in [3.63, 3.8) is 0 Å². The number of methoxy groups -OCH3 is 1. The molecule has 0 aliphatic heterocycles. The van der Waals surface area contributed by atoms with Crippen LogP contribution in [0.4, 0.5) is 0 Å². The lowest BCUT2D eigenvalue weighted by molar-refractivity contribution is 0.0167. The molecular weight excluding hydrogens is 244 g/mol. The van der Waals surface area contributed by atoms with Gasteiger partial charge in [-0.3, -0.25) is 0 Å². The fourth-order valence-corrected chi connectivity index (χ4v) is 1.46. The van der Waals surface area contributed by atoms with E-state index in [1.165, 1.54) is 19.5 Å². The van der Waals surface area contributed by atoms with E-state index in [1.807, 2.05) is 0 Å². The van der Waals surface area contributed by atoms with Crippen LogP contribution in [0.3, 0.4) is 0 Å². The van der Waals surface area contributed by atoms with Gasteiger partial charge in [-0.1, -0.05) is 0 Å². The zero-order valence-corrected chi connectivity index (χ0v) is 10.2. The molecule has 0 aromatic carbocycles. The highest BCUT2D eigenvalue weighted by Crippen LogP contribution is 2.17. The molecule has 0 saturated heterocycles. The van der Waals surface area contributed by atoms with Crippen LogP contribution in [-0.4, -0.2) is 45.1 Å². The van der Waals surface area contributed by atoms with E-state index in [4.69, 9.17) is 0 Å². The number of aliphatic hydroxyl groups is 2. The Balaban J connectivity index is 2.76. The van der Waals surface area contributed by atoms with E-state index in [-0.39, 0.29) is 5.82 Å². The largest absolute Gasteiger partial charge is 0.463 e. The van der Waals surface area contributed by atoms with Crippen molar-refractivity contribution in [3.05, 3.63) is 23.8 Å². The van der Waals surface area contributed by atoms with Crippen LogP contribution in [0, 0.1) is 0 Å². The van der Waals surface area contributed by atoms with Crippen molar-refractivity contribution >= 4 is 18.6 Å². The van der Waals surface area contributed by atoms with Gasteiger partial charge in [0, 0.05) is 18.0 Å². The van der Waals surface area contributed by atoms with E-state index in [0.29, 0.717) is 17.7 Å². The first-order valence-corrected chi connectivity index (χ1v) is 5.60. The number of carbonyl (C=O) groups is 1. The summed E-state index contributed by atoms with van der Waals surface area (Å²) in [7, 11) is 1.23. The highest BCUT2D eigenvalue weighted by atomic mass is 32.1. The summed E-state index contributed by atoms with van der Waals surface area (Å²) in [5.74, 6) is -0.284. The predicted octanol–water partition coefficient (Wildman–Crippen LogP) is -0.0226. The number of rotatable bonds is 5. The van der Waals surface area contributed by atoms with E-state index >= 15 is 0 Å². The summed E-state index contributed by atoms with van der Waals surface area (Å²) in [5, 5.41) is 19.3. The third kappa shape index (κ3) is 3.65. The van der Waals surface area contributed by atoms with E-state index in [9.17, 15) is 15.0 Å². The lowest BCUT2D eigenvalue weighted by atomic mass is 10.1. The van der Waals surface area contributed by atoms with Crippen molar-refractivity contribution in [2.24, 2.45) is 0 Å². The molecule has 0 amide bonds. The molecule has 1 rings (SSSR count). The van der Waals surface area contributed by atoms with Crippen LogP contribution in [0.25, 0.3) is 0 Å². The van der Waals surface area contributed by atoms with Crippen LogP contribution < -0.4 is 0 Å². The minimum absolute atomic E-state index is 0.0906. The second-order valence-corrected chi connectivity index (χ2v) is 3.80. The molecule has 0 aliphatic rings. The maximum atomic E-state index is 11.1. The van der Waals surface area contributed by atoms with Crippen LogP contribution in [0.2, 0.25) is 0 Å². The average Bonchev–Trinajstić information content (AvgIpc) is 2.37. The SMILES string of the molecule is COC(=O)c1ncc(C(O)C(O)CCS)cn1. The van der Waals surface area contributed by atoms with Gasteiger partial charge in [0.15, 0.2) is 0 Å². The number of hydrogen-bond acceptors (Lipinski definition) is 7. The molecule has 2 unspecified atom stereocenters. The highest BCUT2D eigenvalue weighted by molar-refractivity contribution is 7.80. The maximum Gasteiger partial charge on any atom is 0.376 e. The minimum atomic E-state index is -1.09. The number of ether oxygens (including phenoxy) is 1. The molecule has 17 heavy (non-hydrogen) atoms. The minimum Gasteiger partial charge on any atom is -0.463 e. The van der Waals surface area contributed by atoms with Gasteiger partial charge >= 0.3 is 5.97 Å². The summed E-state index contributed by atoms with van der Waals surface area (Å²) in [6, 6.07) is 0. The van der Waals surface area contributed by atoms with E-state index in [1.54, 1.807) is 0 Å². The molecule has 0 spiro atoms. The molecule has 0 radical (unpaired) electrons. The number of thiol groups is 1. The zero-order chi connectivity index (χ0) is 12.8. The van der Waals surface area contributed by atoms with Crippen molar-refractivity contribution in [2.75, 3.05) is 12.9 Å². The first-order chi connectivity index (χ1) is 8.10. The summed E-state index contributed by atoms with van der Waals surface area (Å²) in [4.78, 5) is 18.5. The molecule has 0 saturated carbocycles. The monoisotopic (exact) mass is 258 g/mol. The summed E-state index contributed by atoms with van der Waals surface area (Å²) < 4.78 is 4.44. The Morgan fingerprint density at radius 3 is 2.53 bits per heavy atom. The van der Waals surface area contributed by atoms with Crippen molar-refractivity contribution in [1.29, 1.82) is 0 Å². The zero-order valence-electron chi connectivity index (χ0n) is 9.28. The number of aliphatic hydroxyl groups excluding tert-OH is 2. The smallest absolute Gasteiger partial charge is 0.376 e. The van der Waals surface area contributed by atoms with Crippen molar-refractivity contribution < 1.29 is 19.7 Å². The molecule has 1 aromatic rings. The Kier molecular flexibility index (Phi) is 5.33. The molecular formula is C10H14N2O4S. The molecule has 0 fully saturated rings. The van der Waals surface area contributed by atoms with Crippen LogP contribution in [0.15, 0.2) is 12.4 Å². The summed E-state index contributed by atoms with van der Waals surface area (Å²) in [6.07, 6.45) is 0.897. The third-order valence-corrected chi connectivity index (χ3v) is 2.43. The normalized spacial score (nSPS) is 14.1.